The lowest BCUT2D eigenvalue weighted by Crippen LogP contribution is -2.43. The zero-order valence-corrected chi connectivity index (χ0v) is 18.6. The van der Waals surface area contributed by atoms with Crippen LogP contribution in [0.25, 0.3) is 0 Å². The molecule has 0 bridgehead atoms. The van der Waals surface area contributed by atoms with Crippen LogP contribution in [0.2, 0.25) is 0 Å². The van der Waals surface area contributed by atoms with Crippen molar-refractivity contribution in [3.05, 3.63) is 35.4 Å². The predicted molar refractivity (Wildman–Crippen MR) is 123 cm³/mol. The van der Waals surface area contributed by atoms with Crippen molar-refractivity contribution in [3.63, 3.8) is 0 Å². The number of nitrogens with zero attached hydrogens (tertiary/aromatic N) is 1. The third-order valence-corrected chi connectivity index (χ3v) is 6.81. The van der Waals surface area contributed by atoms with Crippen molar-refractivity contribution >= 4 is 5.84 Å². The van der Waals surface area contributed by atoms with Crippen molar-refractivity contribution in [2.45, 2.75) is 115 Å². The van der Waals surface area contributed by atoms with Gasteiger partial charge >= 0.3 is 0 Å². The first-order chi connectivity index (χ1) is 14.1. The molecule has 3 rings (SSSR count). The average Bonchev–Trinajstić information content (AvgIpc) is 2.97. The molecule has 0 saturated heterocycles. The molecule has 0 aromatic heterocycles. The molecule has 1 aliphatic heterocycles. The molecule has 1 atom stereocenters. The molecule has 0 radical (unpaired) electrons. The third kappa shape index (κ3) is 7.44. The Balaban J connectivity index is 1.62. The van der Waals surface area contributed by atoms with Crippen LogP contribution >= 0.6 is 0 Å². The topological polar surface area (TPSA) is 44.6 Å². The molecule has 1 fully saturated rings. The van der Waals surface area contributed by atoms with Crippen LogP contribution in [0.4, 0.5) is 0 Å². The maximum atomic E-state index is 11.0. The van der Waals surface area contributed by atoms with E-state index >= 15 is 0 Å². The monoisotopic (exact) mass is 398 g/mol. The minimum Gasteiger partial charge on any atom is -0.367 e. The maximum absolute atomic E-state index is 11.0. The van der Waals surface area contributed by atoms with Gasteiger partial charge in [0, 0.05) is 18.5 Å². The largest absolute Gasteiger partial charge is 0.367 e. The minimum absolute atomic E-state index is 0.674. The van der Waals surface area contributed by atoms with Gasteiger partial charge in [-0.3, -0.25) is 4.99 Å². The zero-order chi connectivity index (χ0) is 20.4. The number of hydrogen-bond acceptors (Lipinski definition) is 3. The van der Waals surface area contributed by atoms with Gasteiger partial charge in [0.15, 0.2) is 5.72 Å². The van der Waals surface area contributed by atoms with Gasteiger partial charge < -0.3 is 10.4 Å². The summed E-state index contributed by atoms with van der Waals surface area (Å²) in [4.78, 5) is 4.62. The smallest absolute Gasteiger partial charge is 0.159 e. The van der Waals surface area contributed by atoms with Crippen LogP contribution in [0.3, 0.4) is 0 Å². The van der Waals surface area contributed by atoms with E-state index < -0.39 is 5.72 Å². The first-order valence-corrected chi connectivity index (χ1v) is 12.3. The Morgan fingerprint density at radius 2 is 1.34 bits per heavy atom. The van der Waals surface area contributed by atoms with Gasteiger partial charge in [0.25, 0.3) is 0 Å². The molecule has 1 aromatic rings. The van der Waals surface area contributed by atoms with Gasteiger partial charge in [-0.2, -0.15) is 0 Å². The average molecular weight is 399 g/mol. The second-order valence-corrected chi connectivity index (χ2v) is 9.41. The third-order valence-electron chi connectivity index (χ3n) is 6.81. The van der Waals surface area contributed by atoms with E-state index in [4.69, 9.17) is 0 Å². The number of nitrogens with one attached hydrogen (secondary N) is 1. The van der Waals surface area contributed by atoms with Crippen LogP contribution in [-0.4, -0.2) is 17.5 Å². The molecule has 29 heavy (non-hydrogen) atoms. The summed E-state index contributed by atoms with van der Waals surface area (Å²) in [5.74, 6) is 1.63. The van der Waals surface area contributed by atoms with Gasteiger partial charge in [-0.15, -0.1) is 0 Å². The lowest BCUT2D eigenvalue weighted by Gasteiger charge is -2.28. The minimum atomic E-state index is -1.06. The fourth-order valence-electron chi connectivity index (χ4n) is 4.91. The summed E-state index contributed by atoms with van der Waals surface area (Å²) >= 11 is 0. The molecule has 3 heteroatoms. The Hall–Kier alpha value is -1.35. The predicted octanol–water partition coefficient (Wildman–Crippen LogP) is 6.80. The molecule has 1 unspecified atom stereocenters. The van der Waals surface area contributed by atoms with Crippen molar-refractivity contribution in [1.82, 2.24) is 5.32 Å². The van der Waals surface area contributed by atoms with E-state index in [1.807, 2.05) is 6.92 Å². The first-order valence-electron chi connectivity index (χ1n) is 12.3. The number of aliphatic imine (C=N–C) groups is 1. The second-order valence-electron chi connectivity index (χ2n) is 9.41. The Kier molecular flexibility index (Phi) is 9.04. The molecular formula is C26H42N2O. The Bertz CT molecular complexity index is 608. The molecule has 1 heterocycles. The van der Waals surface area contributed by atoms with Crippen molar-refractivity contribution < 1.29 is 5.11 Å². The van der Waals surface area contributed by atoms with Crippen molar-refractivity contribution in [2.75, 3.05) is 6.54 Å². The molecule has 0 spiro atoms. The van der Waals surface area contributed by atoms with Crippen LogP contribution < -0.4 is 5.32 Å². The molecule has 1 saturated carbocycles. The van der Waals surface area contributed by atoms with E-state index in [2.05, 4.69) is 34.6 Å². The lowest BCUT2D eigenvalue weighted by atomic mass is 9.86. The van der Waals surface area contributed by atoms with Gasteiger partial charge in [0.2, 0.25) is 0 Å². The van der Waals surface area contributed by atoms with Crippen LogP contribution in [0.5, 0.6) is 0 Å². The highest BCUT2D eigenvalue weighted by atomic mass is 16.3. The van der Waals surface area contributed by atoms with E-state index in [0.29, 0.717) is 5.92 Å². The van der Waals surface area contributed by atoms with E-state index in [1.54, 1.807) is 0 Å². The summed E-state index contributed by atoms with van der Waals surface area (Å²) in [6.45, 7) is 2.73. The molecule has 1 aliphatic carbocycles. The molecule has 2 N–H and O–H groups in total. The SMILES string of the molecule is CC(O)(NC1=NCCCCC1)c1ccc(C2CCCCCCCCCCC2)cc1. The summed E-state index contributed by atoms with van der Waals surface area (Å²) in [6, 6.07) is 8.76. The highest BCUT2D eigenvalue weighted by Gasteiger charge is 2.25. The quantitative estimate of drug-likeness (QED) is 0.550. The van der Waals surface area contributed by atoms with E-state index in [-0.39, 0.29) is 0 Å². The number of amidine groups is 1. The molecular weight excluding hydrogens is 356 g/mol. The van der Waals surface area contributed by atoms with E-state index in [1.165, 1.54) is 82.6 Å². The lowest BCUT2D eigenvalue weighted by molar-refractivity contribution is 0.0404. The summed E-state index contributed by atoms with van der Waals surface area (Å²) in [6.07, 6.45) is 19.7. The standard InChI is InChI=1S/C26H42N2O/c1-26(29,28-25-16-12-9-13-21-27-25)24-19-17-23(18-20-24)22-14-10-7-5-3-2-4-6-8-11-15-22/h17-20,22,29H,2-16,21H2,1H3,(H,27,28). The van der Waals surface area contributed by atoms with Crippen molar-refractivity contribution in [2.24, 2.45) is 4.99 Å². The van der Waals surface area contributed by atoms with Gasteiger partial charge in [-0.05, 0) is 44.1 Å². The number of hydrogen-bond donors (Lipinski definition) is 2. The highest BCUT2D eigenvalue weighted by molar-refractivity contribution is 5.83. The van der Waals surface area contributed by atoms with Gasteiger partial charge in [0.05, 0.1) is 5.84 Å². The molecule has 1 aromatic carbocycles. The van der Waals surface area contributed by atoms with Crippen LogP contribution in [0.15, 0.2) is 29.3 Å². The number of rotatable bonds is 3. The van der Waals surface area contributed by atoms with E-state index in [0.717, 1.165) is 37.2 Å². The van der Waals surface area contributed by atoms with Crippen molar-refractivity contribution in [1.29, 1.82) is 0 Å². The fourth-order valence-corrected chi connectivity index (χ4v) is 4.91. The van der Waals surface area contributed by atoms with Crippen LogP contribution in [-0.2, 0) is 5.72 Å². The van der Waals surface area contributed by atoms with Crippen LogP contribution in [0, 0.1) is 0 Å². The molecule has 2 aliphatic rings. The summed E-state index contributed by atoms with van der Waals surface area (Å²) in [5, 5.41) is 14.4. The number of aliphatic hydroxyl groups is 1. The molecule has 3 nitrogen and oxygen atoms in total. The Labute approximate surface area is 178 Å². The Morgan fingerprint density at radius 3 is 1.97 bits per heavy atom. The maximum Gasteiger partial charge on any atom is 0.159 e. The highest BCUT2D eigenvalue weighted by Crippen LogP contribution is 2.31. The first kappa shape index (κ1) is 22.3. The zero-order valence-electron chi connectivity index (χ0n) is 18.6. The second kappa shape index (κ2) is 11.7. The Morgan fingerprint density at radius 1 is 0.793 bits per heavy atom. The number of benzene rings is 1. The molecule has 0 amide bonds. The summed E-state index contributed by atoms with van der Waals surface area (Å²) in [7, 11) is 0. The van der Waals surface area contributed by atoms with Crippen LogP contribution in [0.1, 0.15) is 120 Å². The van der Waals surface area contributed by atoms with Gasteiger partial charge in [-0.25, -0.2) is 0 Å². The molecule has 162 valence electrons. The normalized spacial score (nSPS) is 23.0. The summed E-state index contributed by atoms with van der Waals surface area (Å²) < 4.78 is 0. The van der Waals surface area contributed by atoms with Gasteiger partial charge in [-0.1, -0.05) is 88.5 Å². The van der Waals surface area contributed by atoms with Gasteiger partial charge in [0.1, 0.15) is 0 Å². The fraction of sp³-hybridized carbons (Fsp3) is 0.731. The van der Waals surface area contributed by atoms with E-state index in [9.17, 15) is 5.11 Å². The van der Waals surface area contributed by atoms with Crippen molar-refractivity contribution in [3.8, 4) is 0 Å². The summed E-state index contributed by atoms with van der Waals surface area (Å²) in [5.41, 5.74) is 1.32.